The van der Waals surface area contributed by atoms with Crippen LogP contribution in [-0.4, -0.2) is 23.5 Å². The summed E-state index contributed by atoms with van der Waals surface area (Å²) in [6.07, 6.45) is 8.89. The van der Waals surface area contributed by atoms with Crippen molar-refractivity contribution in [1.82, 2.24) is 4.90 Å². The minimum Gasteiger partial charge on any atom is -0.489 e. The Balaban J connectivity index is 0.00000240. The van der Waals surface area contributed by atoms with E-state index in [9.17, 15) is 5.26 Å². The zero-order chi connectivity index (χ0) is 19.4. The van der Waals surface area contributed by atoms with Gasteiger partial charge in [-0.3, -0.25) is 4.90 Å². The van der Waals surface area contributed by atoms with Crippen molar-refractivity contribution < 1.29 is 4.74 Å². The Hall–Kier alpha value is -2.02. The molecule has 0 N–H and O–H groups in total. The zero-order valence-corrected chi connectivity index (χ0v) is 18.1. The third-order valence-electron chi connectivity index (χ3n) is 6.57. The van der Waals surface area contributed by atoms with E-state index in [1.165, 1.54) is 62.7 Å². The van der Waals surface area contributed by atoms with Crippen LogP contribution in [0.15, 0.2) is 42.5 Å². The average Bonchev–Trinajstić information content (AvgIpc) is 2.74. The molecule has 1 fully saturated rings. The molecule has 2 aromatic rings. The summed E-state index contributed by atoms with van der Waals surface area (Å²) in [5.41, 5.74) is 4.96. The molecule has 1 heterocycles. The summed E-state index contributed by atoms with van der Waals surface area (Å²) in [5, 5.41) is 9.24. The molecule has 3 nitrogen and oxygen atoms in total. The van der Waals surface area contributed by atoms with Crippen molar-refractivity contribution in [2.45, 2.75) is 64.0 Å². The van der Waals surface area contributed by atoms with Crippen LogP contribution in [-0.2, 0) is 19.4 Å². The third-order valence-corrected chi connectivity index (χ3v) is 6.57. The summed E-state index contributed by atoms with van der Waals surface area (Å²) in [5.74, 6) is 0.913. The maximum absolute atomic E-state index is 9.24. The van der Waals surface area contributed by atoms with Gasteiger partial charge in [-0.2, -0.15) is 5.26 Å². The van der Waals surface area contributed by atoms with Crippen LogP contribution in [0.25, 0.3) is 0 Å². The fourth-order valence-corrected chi connectivity index (χ4v) is 5.08. The highest BCUT2D eigenvalue weighted by atomic mass is 35.5. The molecule has 2 aromatic carbocycles. The number of rotatable bonds is 5. The molecule has 154 valence electrons. The second-order valence-corrected chi connectivity index (χ2v) is 8.33. The summed E-state index contributed by atoms with van der Waals surface area (Å²) in [7, 11) is 0. The van der Waals surface area contributed by atoms with Crippen molar-refractivity contribution in [3.63, 3.8) is 0 Å². The number of nitrogens with zero attached hydrogens (tertiary/aromatic N) is 2. The molecule has 0 radical (unpaired) electrons. The normalized spacial score (nSPS) is 21.1. The molecule has 4 heteroatoms. The van der Waals surface area contributed by atoms with Crippen LogP contribution < -0.4 is 4.74 Å². The molecule has 1 atom stereocenters. The summed E-state index contributed by atoms with van der Waals surface area (Å²) in [4.78, 5) is 2.78. The van der Waals surface area contributed by atoms with Crippen LogP contribution in [0.5, 0.6) is 5.75 Å². The highest BCUT2D eigenvalue weighted by molar-refractivity contribution is 5.85. The van der Waals surface area contributed by atoms with Crippen molar-refractivity contribution in [2.75, 3.05) is 13.1 Å². The van der Waals surface area contributed by atoms with Crippen LogP contribution >= 0.6 is 12.4 Å². The molecule has 1 aliphatic heterocycles. The van der Waals surface area contributed by atoms with Gasteiger partial charge in [-0.15, -0.1) is 12.4 Å². The Morgan fingerprint density at radius 2 is 1.97 bits per heavy atom. The number of fused-ring (bicyclic) bond motifs is 1. The van der Waals surface area contributed by atoms with Gasteiger partial charge >= 0.3 is 0 Å². The van der Waals surface area contributed by atoms with Gasteiger partial charge in [0.2, 0.25) is 0 Å². The van der Waals surface area contributed by atoms with Gasteiger partial charge in [0, 0.05) is 11.1 Å². The number of halogens is 1. The number of hydrogen-bond donors (Lipinski definition) is 0. The molecule has 2 aliphatic rings. The topological polar surface area (TPSA) is 36.3 Å². The van der Waals surface area contributed by atoms with Gasteiger partial charge < -0.3 is 4.74 Å². The first-order valence-electron chi connectivity index (χ1n) is 10.7. The fraction of sp³-hybridized carbons (Fsp3) is 0.480. The smallest absolute Gasteiger partial charge is 0.120 e. The van der Waals surface area contributed by atoms with Gasteiger partial charge in [0.05, 0.1) is 11.6 Å². The molecule has 0 bridgehead atoms. The molecule has 4 rings (SSSR count). The van der Waals surface area contributed by atoms with Gasteiger partial charge in [0.25, 0.3) is 0 Å². The number of hydrogen-bond acceptors (Lipinski definition) is 3. The second-order valence-electron chi connectivity index (χ2n) is 8.33. The lowest BCUT2D eigenvalue weighted by molar-refractivity contribution is 0.0340. The molecule has 1 saturated heterocycles. The molecule has 1 spiro atoms. The van der Waals surface area contributed by atoms with E-state index in [-0.39, 0.29) is 12.4 Å². The van der Waals surface area contributed by atoms with Crippen molar-refractivity contribution in [3.05, 3.63) is 64.7 Å². The number of ether oxygens (including phenoxy) is 1. The predicted molar refractivity (Wildman–Crippen MR) is 120 cm³/mol. The fourth-order valence-electron chi connectivity index (χ4n) is 5.08. The third kappa shape index (κ3) is 4.60. The van der Waals surface area contributed by atoms with E-state index in [0.717, 1.165) is 17.7 Å². The van der Waals surface area contributed by atoms with Gasteiger partial charge in [0.15, 0.2) is 0 Å². The molecule has 1 aliphatic carbocycles. The number of aryl methyl sites for hydroxylation is 1. The minimum atomic E-state index is 0. The number of piperidine rings is 1. The summed E-state index contributed by atoms with van der Waals surface area (Å²) in [6.45, 7) is 5.24. The lowest BCUT2D eigenvalue weighted by atomic mass is 9.72. The minimum absolute atomic E-state index is 0. The van der Waals surface area contributed by atoms with Crippen LogP contribution in [0.4, 0.5) is 0 Å². The van der Waals surface area contributed by atoms with E-state index in [1.54, 1.807) is 0 Å². The highest BCUT2D eigenvalue weighted by Gasteiger charge is 2.40. The Morgan fingerprint density at radius 3 is 2.79 bits per heavy atom. The van der Waals surface area contributed by atoms with E-state index in [0.29, 0.717) is 17.7 Å². The summed E-state index contributed by atoms with van der Waals surface area (Å²) >= 11 is 0. The van der Waals surface area contributed by atoms with E-state index >= 15 is 0 Å². The molecule has 0 aromatic heterocycles. The van der Waals surface area contributed by atoms with E-state index in [2.05, 4.69) is 36.1 Å². The maximum Gasteiger partial charge on any atom is 0.120 e. The second kappa shape index (κ2) is 9.65. The Kier molecular flexibility index (Phi) is 7.22. The van der Waals surface area contributed by atoms with Crippen LogP contribution in [0.3, 0.4) is 0 Å². The first kappa shape index (κ1) is 21.7. The van der Waals surface area contributed by atoms with Crippen LogP contribution in [0, 0.1) is 11.3 Å². The van der Waals surface area contributed by atoms with Crippen LogP contribution in [0.1, 0.15) is 61.3 Å². The molecular weight excluding hydrogens is 380 g/mol. The lowest BCUT2D eigenvalue weighted by Gasteiger charge is -2.50. The van der Waals surface area contributed by atoms with E-state index in [4.69, 9.17) is 4.74 Å². The average molecular weight is 411 g/mol. The standard InChI is InChI=1S/C25H30N2O.ClH/c1-2-14-27-15-6-5-12-25(27)13-11-20-16-24(10-9-21(20)17-25)28-19-23-8-4-3-7-22(23)18-26;/h3-4,7-10,16H,2,5-6,11-15,17,19H2,1H3;1H. The molecule has 0 amide bonds. The zero-order valence-electron chi connectivity index (χ0n) is 17.3. The summed E-state index contributed by atoms with van der Waals surface area (Å²) in [6, 6.07) is 16.5. The SMILES string of the molecule is CCCN1CCCCC12CCc1cc(OCc3ccccc3C#N)ccc1C2.Cl. The van der Waals surface area contributed by atoms with Crippen LogP contribution in [0.2, 0.25) is 0 Å². The van der Waals surface area contributed by atoms with Gasteiger partial charge in [-0.05, 0) is 80.9 Å². The Morgan fingerprint density at radius 1 is 1.10 bits per heavy atom. The Labute approximate surface area is 181 Å². The largest absolute Gasteiger partial charge is 0.489 e. The first-order chi connectivity index (χ1) is 13.7. The Bertz CT molecular complexity index is 873. The number of nitriles is 1. The van der Waals surface area contributed by atoms with Gasteiger partial charge in [-0.1, -0.05) is 37.6 Å². The van der Waals surface area contributed by atoms with Crippen molar-refractivity contribution in [3.8, 4) is 11.8 Å². The first-order valence-corrected chi connectivity index (χ1v) is 10.7. The van der Waals surface area contributed by atoms with Crippen molar-refractivity contribution >= 4 is 12.4 Å². The van der Waals surface area contributed by atoms with Gasteiger partial charge in [0.1, 0.15) is 12.4 Å². The monoisotopic (exact) mass is 410 g/mol. The maximum atomic E-state index is 9.24. The van der Waals surface area contributed by atoms with Gasteiger partial charge in [-0.25, -0.2) is 0 Å². The van der Waals surface area contributed by atoms with E-state index < -0.39 is 0 Å². The van der Waals surface area contributed by atoms with Crippen molar-refractivity contribution in [2.24, 2.45) is 0 Å². The molecule has 29 heavy (non-hydrogen) atoms. The molecule has 1 unspecified atom stereocenters. The lowest BCUT2D eigenvalue weighted by Crippen LogP contribution is -2.55. The number of likely N-dealkylation sites (tertiary alicyclic amines) is 1. The van der Waals surface area contributed by atoms with E-state index in [1.807, 2.05) is 24.3 Å². The summed E-state index contributed by atoms with van der Waals surface area (Å²) < 4.78 is 6.04. The quantitative estimate of drug-likeness (QED) is 0.635. The highest BCUT2D eigenvalue weighted by Crippen LogP contribution is 2.40. The molecule has 0 saturated carbocycles. The van der Waals surface area contributed by atoms with Crippen molar-refractivity contribution in [1.29, 1.82) is 5.26 Å². The molecular formula is C25H31ClN2O. The predicted octanol–water partition coefficient (Wildman–Crippen LogP) is 5.68. The number of benzene rings is 2.